The summed E-state index contributed by atoms with van der Waals surface area (Å²) in [7, 11) is 2.05. The fourth-order valence-electron chi connectivity index (χ4n) is 2.72. The number of benzene rings is 1. The van der Waals surface area contributed by atoms with E-state index < -0.39 is 0 Å². The summed E-state index contributed by atoms with van der Waals surface area (Å²) in [6.07, 6.45) is 6.78. The van der Waals surface area contributed by atoms with Crippen molar-refractivity contribution < 1.29 is 14.6 Å². The molecule has 1 heterocycles. The Bertz CT molecular complexity index is 472. The zero-order valence-corrected chi connectivity index (χ0v) is 12.4. The van der Waals surface area contributed by atoms with E-state index in [0.717, 1.165) is 12.8 Å². The molecule has 0 bridgehead atoms. The van der Waals surface area contributed by atoms with E-state index in [4.69, 9.17) is 9.84 Å². The van der Waals surface area contributed by atoms with E-state index >= 15 is 0 Å². The van der Waals surface area contributed by atoms with Gasteiger partial charge >= 0.3 is 5.97 Å². The minimum absolute atomic E-state index is 0.0899. The number of carbonyl (C=O) groups excluding carboxylic acids is 1. The van der Waals surface area contributed by atoms with E-state index in [1.54, 1.807) is 0 Å². The van der Waals surface area contributed by atoms with Crippen molar-refractivity contribution in [3.05, 3.63) is 42.0 Å². The number of rotatable bonds is 6. The number of hydrogen-bond acceptors (Lipinski definition) is 4. The Morgan fingerprint density at radius 2 is 2.14 bits per heavy atom. The van der Waals surface area contributed by atoms with Crippen LogP contribution < -0.4 is 0 Å². The van der Waals surface area contributed by atoms with Gasteiger partial charge in [0.25, 0.3) is 0 Å². The molecular weight excluding hydrogens is 266 g/mol. The van der Waals surface area contributed by atoms with Crippen molar-refractivity contribution in [1.82, 2.24) is 4.90 Å². The molecule has 1 aromatic rings. The second-order valence-electron chi connectivity index (χ2n) is 5.38. The Morgan fingerprint density at radius 1 is 1.38 bits per heavy atom. The highest BCUT2D eigenvalue weighted by Crippen LogP contribution is 2.26. The van der Waals surface area contributed by atoms with Gasteiger partial charge in [-0.2, -0.15) is 0 Å². The van der Waals surface area contributed by atoms with Gasteiger partial charge in [0, 0.05) is 12.1 Å². The van der Waals surface area contributed by atoms with E-state index in [1.165, 1.54) is 5.56 Å². The molecule has 0 spiro atoms. The molecule has 1 saturated heterocycles. The highest BCUT2D eigenvalue weighted by Gasteiger charge is 2.30. The molecule has 2 rings (SSSR count). The highest BCUT2D eigenvalue weighted by molar-refractivity contribution is 5.70. The molecule has 4 nitrogen and oxygen atoms in total. The number of likely N-dealkylation sites (tertiary alicyclic amines) is 1. The minimum atomic E-state index is -0.228. The summed E-state index contributed by atoms with van der Waals surface area (Å²) >= 11 is 0. The van der Waals surface area contributed by atoms with Crippen molar-refractivity contribution in [1.29, 1.82) is 0 Å². The number of carbonyl (C=O) groups is 1. The number of nitrogens with zero attached hydrogens (tertiary/aromatic N) is 1. The number of aliphatic hydroxyl groups excluding tert-OH is 1. The minimum Gasteiger partial charge on any atom is -0.463 e. The molecule has 1 fully saturated rings. The first-order valence-electron chi connectivity index (χ1n) is 7.42. The molecular formula is C17H23NO3. The van der Waals surface area contributed by atoms with Crippen LogP contribution in [0.3, 0.4) is 0 Å². The summed E-state index contributed by atoms with van der Waals surface area (Å²) in [5, 5.41) is 8.65. The van der Waals surface area contributed by atoms with Crippen LogP contribution in [-0.2, 0) is 9.53 Å². The van der Waals surface area contributed by atoms with Crippen molar-refractivity contribution >= 4 is 12.0 Å². The van der Waals surface area contributed by atoms with E-state index in [-0.39, 0.29) is 25.2 Å². The van der Waals surface area contributed by atoms with Crippen LogP contribution in [0.1, 0.15) is 24.8 Å². The second-order valence-corrected chi connectivity index (χ2v) is 5.38. The third-order valence-corrected chi connectivity index (χ3v) is 3.96. The molecule has 4 heteroatoms. The van der Waals surface area contributed by atoms with Gasteiger partial charge in [-0.3, -0.25) is 9.69 Å². The van der Waals surface area contributed by atoms with Crippen LogP contribution in [0.5, 0.6) is 0 Å². The Labute approximate surface area is 126 Å². The van der Waals surface area contributed by atoms with E-state index in [1.807, 2.05) is 18.2 Å². The summed E-state index contributed by atoms with van der Waals surface area (Å²) in [6, 6.07) is 10.8. The van der Waals surface area contributed by atoms with E-state index in [0.29, 0.717) is 12.5 Å². The summed E-state index contributed by atoms with van der Waals surface area (Å²) < 4.78 is 4.93. The molecule has 0 aliphatic carbocycles. The van der Waals surface area contributed by atoms with Crippen LogP contribution in [0.25, 0.3) is 6.08 Å². The van der Waals surface area contributed by atoms with Gasteiger partial charge in [-0.05, 0) is 25.5 Å². The molecule has 1 N–H and O–H groups in total. The van der Waals surface area contributed by atoms with Crippen LogP contribution in [0.15, 0.2) is 36.4 Å². The lowest BCUT2D eigenvalue weighted by molar-refractivity contribution is -0.145. The molecule has 1 aliphatic rings. The van der Waals surface area contributed by atoms with Crippen LogP contribution in [0.2, 0.25) is 0 Å². The van der Waals surface area contributed by atoms with Crippen molar-refractivity contribution in [2.75, 3.05) is 20.3 Å². The third kappa shape index (κ3) is 4.69. The molecule has 2 atom stereocenters. The lowest BCUT2D eigenvalue weighted by atomic mass is 10.1. The summed E-state index contributed by atoms with van der Waals surface area (Å²) in [5.41, 5.74) is 1.19. The quantitative estimate of drug-likeness (QED) is 0.815. The molecule has 0 unspecified atom stereocenters. The Hall–Kier alpha value is -1.65. The normalized spacial score (nSPS) is 22.8. The van der Waals surface area contributed by atoms with Gasteiger partial charge in [0.15, 0.2) is 0 Å². The Morgan fingerprint density at radius 3 is 2.86 bits per heavy atom. The van der Waals surface area contributed by atoms with Crippen molar-refractivity contribution in [2.45, 2.75) is 31.3 Å². The van der Waals surface area contributed by atoms with E-state index in [2.05, 4.69) is 36.2 Å². The first kappa shape index (κ1) is 15.7. The maximum atomic E-state index is 11.6. The summed E-state index contributed by atoms with van der Waals surface area (Å²) in [4.78, 5) is 13.8. The number of ether oxygens (including phenoxy) is 1. The van der Waals surface area contributed by atoms with Gasteiger partial charge in [-0.1, -0.05) is 42.5 Å². The summed E-state index contributed by atoms with van der Waals surface area (Å²) in [5.74, 6) is -0.228. The second kappa shape index (κ2) is 7.96. The topological polar surface area (TPSA) is 49.8 Å². The zero-order chi connectivity index (χ0) is 15.1. The maximum absolute atomic E-state index is 11.6. The SMILES string of the molecule is CN1[C@H](CC(=O)OCCO)CC[C@@H]1/C=C/c1ccccc1. The molecule has 1 aromatic carbocycles. The average molecular weight is 289 g/mol. The monoisotopic (exact) mass is 289 g/mol. The third-order valence-electron chi connectivity index (χ3n) is 3.96. The van der Waals surface area contributed by atoms with Crippen LogP contribution in [0.4, 0.5) is 0 Å². The molecule has 21 heavy (non-hydrogen) atoms. The molecule has 0 amide bonds. The lowest BCUT2D eigenvalue weighted by Gasteiger charge is -2.23. The van der Waals surface area contributed by atoms with Crippen LogP contribution >= 0.6 is 0 Å². The van der Waals surface area contributed by atoms with Crippen molar-refractivity contribution in [3.63, 3.8) is 0 Å². The zero-order valence-electron chi connectivity index (χ0n) is 12.4. The average Bonchev–Trinajstić information content (AvgIpc) is 2.85. The highest BCUT2D eigenvalue weighted by atomic mass is 16.5. The predicted molar refractivity (Wildman–Crippen MR) is 82.7 cm³/mol. The molecule has 114 valence electrons. The molecule has 0 saturated carbocycles. The smallest absolute Gasteiger partial charge is 0.307 e. The first-order valence-corrected chi connectivity index (χ1v) is 7.42. The van der Waals surface area contributed by atoms with Crippen molar-refractivity contribution in [3.8, 4) is 0 Å². The Kier molecular flexibility index (Phi) is 5.96. The number of esters is 1. The van der Waals surface area contributed by atoms with Gasteiger partial charge in [-0.15, -0.1) is 0 Å². The number of hydrogen-bond donors (Lipinski definition) is 1. The largest absolute Gasteiger partial charge is 0.463 e. The van der Waals surface area contributed by atoms with Gasteiger partial charge in [-0.25, -0.2) is 0 Å². The molecule has 0 radical (unpaired) electrons. The fourth-order valence-corrected chi connectivity index (χ4v) is 2.72. The number of likely N-dealkylation sites (N-methyl/N-ethyl adjacent to an activating group) is 1. The predicted octanol–water partition coefficient (Wildman–Crippen LogP) is 2.09. The Balaban J connectivity index is 1.85. The molecule has 1 aliphatic heterocycles. The van der Waals surface area contributed by atoms with Crippen LogP contribution in [-0.4, -0.2) is 48.3 Å². The maximum Gasteiger partial charge on any atom is 0.307 e. The van der Waals surface area contributed by atoms with Crippen LogP contribution in [0, 0.1) is 0 Å². The van der Waals surface area contributed by atoms with Gasteiger partial charge in [0.1, 0.15) is 6.61 Å². The standard InChI is InChI=1S/C17H23NO3/c1-18-15(8-7-14-5-3-2-4-6-14)9-10-16(18)13-17(20)21-12-11-19/h2-8,15-16,19H,9-13H2,1H3/b8-7+/t15-,16-/m0/s1. The van der Waals surface area contributed by atoms with Crippen molar-refractivity contribution in [2.24, 2.45) is 0 Å². The fraction of sp³-hybridized carbons (Fsp3) is 0.471. The van der Waals surface area contributed by atoms with Gasteiger partial charge in [0.2, 0.25) is 0 Å². The summed E-state index contributed by atoms with van der Waals surface area (Å²) in [6.45, 7) is -0.0265. The first-order chi connectivity index (χ1) is 10.2. The van der Waals surface area contributed by atoms with Gasteiger partial charge in [0.05, 0.1) is 13.0 Å². The molecule has 0 aromatic heterocycles. The van der Waals surface area contributed by atoms with E-state index in [9.17, 15) is 4.79 Å². The number of aliphatic hydroxyl groups is 1. The van der Waals surface area contributed by atoms with Gasteiger partial charge < -0.3 is 9.84 Å². The lowest BCUT2D eigenvalue weighted by Crippen LogP contribution is -2.33.